The van der Waals surface area contributed by atoms with Gasteiger partial charge in [0.1, 0.15) is 6.07 Å². The molecule has 1 aliphatic carbocycles. The van der Waals surface area contributed by atoms with Gasteiger partial charge in [0.15, 0.2) is 5.82 Å². The van der Waals surface area contributed by atoms with Crippen molar-refractivity contribution in [3.63, 3.8) is 0 Å². The number of likely N-dealkylation sites (tertiary alicyclic amines) is 1. The van der Waals surface area contributed by atoms with Crippen LogP contribution in [-0.4, -0.2) is 94.4 Å². The molecule has 3 aliphatic rings. The van der Waals surface area contributed by atoms with Crippen LogP contribution in [0.3, 0.4) is 0 Å². The first-order valence-corrected chi connectivity index (χ1v) is 15.8. The number of halogens is 4. The molecule has 0 radical (unpaired) electrons. The van der Waals surface area contributed by atoms with Gasteiger partial charge < -0.3 is 9.84 Å². The molecular weight excluding hydrogens is 659 g/mol. The van der Waals surface area contributed by atoms with E-state index in [1.807, 2.05) is 23.2 Å². The Hall–Kier alpha value is -3.32. The number of ether oxygens (including phenoxy) is 1. The normalized spacial score (nSPS) is 18.7. The number of aromatic nitrogens is 2. The number of alkyl halides is 3. The van der Waals surface area contributed by atoms with Gasteiger partial charge in [-0.25, -0.2) is 9.78 Å². The monoisotopic (exact) mass is 695 g/mol. The molecule has 5 rings (SSSR count). The minimum absolute atomic E-state index is 0.0802. The lowest BCUT2D eigenvalue weighted by Crippen LogP contribution is -2.50. The summed E-state index contributed by atoms with van der Waals surface area (Å²) < 4.78 is 37.9. The van der Waals surface area contributed by atoms with Crippen molar-refractivity contribution in [3.05, 3.63) is 51.9 Å². The highest BCUT2D eigenvalue weighted by Crippen LogP contribution is 2.30. The lowest BCUT2D eigenvalue weighted by atomic mass is 9.95. The van der Waals surface area contributed by atoms with Crippen molar-refractivity contribution in [2.75, 3.05) is 44.4 Å². The number of nitrogens with one attached hydrogen (secondary N) is 1. The number of amides is 1. The highest BCUT2D eigenvalue weighted by atomic mass is 79.9. The molecule has 1 amide bonds. The van der Waals surface area contributed by atoms with E-state index in [9.17, 15) is 23.2 Å². The van der Waals surface area contributed by atoms with Gasteiger partial charge in [-0.15, -0.1) is 0 Å². The standard InChI is InChI=1S/C28H36BrN7O2.C2HF3O2/c29-25-19-31-26(18-30)32-27(25)36(24-4-2-1-3-5-24)33-28(37)22-8-6-21(7-9-22)20-34-12-10-23(11-13-34)35-14-16-38-17-15-35;3-2(4,5)1(6)7/h6-9,19,23-24H,1-5,10-17,20H2,(H,33,37);(H,6,7). The van der Waals surface area contributed by atoms with Crippen molar-refractivity contribution >= 4 is 33.6 Å². The molecule has 1 saturated carbocycles. The smallest absolute Gasteiger partial charge is 0.475 e. The molecule has 3 fully saturated rings. The van der Waals surface area contributed by atoms with Crippen LogP contribution in [0, 0.1) is 11.3 Å². The Morgan fingerprint density at radius 1 is 1.07 bits per heavy atom. The predicted molar refractivity (Wildman–Crippen MR) is 162 cm³/mol. The number of benzene rings is 1. The average molecular weight is 697 g/mol. The zero-order chi connectivity index (χ0) is 32.4. The third-order valence-corrected chi connectivity index (χ3v) is 8.76. The molecule has 244 valence electrons. The number of morpholine rings is 1. The van der Waals surface area contributed by atoms with Gasteiger partial charge in [0.25, 0.3) is 5.91 Å². The van der Waals surface area contributed by atoms with E-state index in [0.29, 0.717) is 21.9 Å². The molecule has 2 aliphatic heterocycles. The second kappa shape index (κ2) is 16.3. The minimum atomic E-state index is -5.08. The minimum Gasteiger partial charge on any atom is -0.475 e. The van der Waals surface area contributed by atoms with E-state index >= 15 is 0 Å². The van der Waals surface area contributed by atoms with Crippen LogP contribution in [0.15, 0.2) is 34.9 Å². The van der Waals surface area contributed by atoms with E-state index in [4.69, 9.17) is 14.6 Å². The fourth-order valence-electron chi connectivity index (χ4n) is 5.82. The topological polar surface area (TPSA) is 135 Å². The number of rotatable bonds is 7. The third kappa shape index (κ3) is 10.1. The maximum absolute atomic E-state index is 13.3. The highest BCUT2D eigenvalue weighted by molar-refractivity contribution is 9.10. The second-order valence-corrected chi connectivity index (χ2v) is 12.1. The molecule has 1 aromatic heterocycles. The van der Waals surface area contributed by atoms with Crippen LogP contribution in [0.2, 0.25) is 0 Å². The average Bonchev–Trinajstić information content (AvgIpc) is 3.05. The first-order valence-electron chi connectivity index (χ1n) is 15.0. The first kappa shape index (κ1) is 34.6. The van der Waals surface area contributed by atoms with Gasteiger partial charge in [-0.3, -0.25) is 25.0 Å². The van der Waals surface area contributed by atoms with Gasteiger partial charge in [0.2, 0.25) is 5.82 Å². The van der Waals surface area contributed by atoms with E-state index < -0.39 is 12.1 Å². The third-order valence-electron chi connectivity index (χ3n) is 8.20. The van der Waals surface area contributed by atoms with Crippen molar-refractivity contribution in [2.45, 2.75) is 69.8 Å². The summed E-state index contributed by atoms with van der Waals surface area (Å²) >= 11 is 3.52. The Bertz CT molecular complexity index is 1320. The number of anilines is 1. The van der Waals surface area contributed by atoms with Crippen LogP contribution in [0.4, 0.5) is 19.0 Å². The molecule has 0 spiro atoms. The van der Waals surface area contributed by atoms with Gasteiger partial charge in [-0.2, -0.15) is 23.4 Å². The largest absolute Gasteiger partial charge is 0.490 e. The number of hydrogen-bond donors (Lipinski definition) is 2. The van der Waals surface area contributed by atoms with Crippen molar-refractivity contribution in [3.8, 4) is 6.07 Å². The Morgan fingerprint density at radius 3 is 2.27 bits per heavy atom. The van der Waals surface area contributed by atoms with Crippen LogP contribution in [-0.2, 0) is 16.1 Å². The number of carbonyl (C=O) groups is 2. The lowest BCUT2D eigenvalue weighted by molar-refractivity contribution is -0.192. The summed E-state index contributed by atoms with van der Waals surface area (Å²) in [5.74, 6) is -2.34. The fourth-order valence-corrected chi connectivity index (χ4v) is 6.20. The lowest BCUT2D eigenvalue weighted by Gasteiger charge is -2.40. The molecule has 1 aromatic carbocycles. The number of carbonyl (C=O) groups excluding carboxylic acids is 1. The predicted octanol–water partition coefficient (Wildman–Crippen LogP) is 4.52. The Labute approximate surface area is 268 Å². The van der Waals surface area contributed by atoms with Gasteiger partial charge >= 0.3 is 12.1 Å². The zero-order valence-corrected chi connectivity index (χ0v) is 26.4. The number of aliphatic carboxylic acids is 1. The molecule has 2 saturated heterocycles. The SMILES string of the molecule is N#Cc1ncc(Br)c(N(NC(=O)c2ccc(CN3CCC(N4CCOCC4)CC3)cc2)C2CCCCC2)n1.O=C(O)C(F)(F)F. The van der Waals surface area contributed by atoms with Gasteiger partial charge in [-0.05, 0) is 72.4 Å². The number of carboxylic acids is 1. The number of piperidine rings is 1. The summed E-state index contributed by atoms with van der Waals surface area (Å²) in [5.41, 5.74) is 4.91. The Kier molecular flexibility index (Phi) is 12.5. The number of nitrogens with zero attached hydrogens (tertiary/aromatic N) is 6. The second-order valence-electron chi connectivity index (χ2n) is 11.2. The van der Waals surface area contributed by atoms with E-state index in [0.717, 1.165) is 71.6 Å². The first-order chi connectivity index (χ1) is 21.5. The maximum Gasteiger partial charge on any atom is 0.490 e. The van der Waals surface area contributed by atoms with Crippen LogP contribution in [0.25, 0.3) is 0 Å². The van der Waals surface area contributed by atoms with Crippen LogP contribution in [0.1, 0.15) is 66.7 Å². The molecule has 0 unspecified atom stereocenters. The van der Waals surface area contributed by atoms with E-state index in [2.05, 4.69) is 53.3 Å². The van der Waals surface area contributed by atoms with Crippen LogP contribution < -0.4 is 10.4 Å². The van der Waals surface area contributed by atoms with Crippen LogP contribution >= 0.6 is 15.9 Å². The molecule has 2 N–H and O–H groups in total. The summed E-state index contributed by atoms with van der Waals surface area (Å²) in [5, 5.41) is 18.3. The Balaban J connectivity index is 0.000000591. The summed E-state index contributed by atoms with van der Waals surface area (Å²) in [6.45, 7) is 6.92. The number of nitriles is 1. The van der Waals surface area contributed by atoms with E-state index in [1.165, 1.54) is 24.8 Å². The molecule has 0 bridgehead atoms. The van der Waals surface area contributed by atoms with Crippen molar-refractivity contribution in [1.82, 2.24) is 25.2 Å². The zero-order valence-electron chi connectivity index (χ0n) is 24.8. The van der Waals surface area contributed by atoms with Gasteiger partial charge in [0.05, 0.1) is 23.7 Å². The van der Waals surface area contributed by atoms with Crippen molar-refractivity contribution < 1.29 is 32.6 Å². The number of hydrogen-bond acceptors (Lipinski definition) is 9. The van der Waals surface area contributed by atoms with Gasteiger partial charge in [0, 0.05) is 37.4 Å². The summed E-state index contributed by atoms with van der Waals surface area (Å²) in [6.07, 6.45) is 4.19. The maximum atomic E-state index is 13.3. The summed E-state index contributed by atoms with van der Waals surface area (Å²) in [6, 6.07) is 10.7. The van der Waals surface area contributed by atoms with Crippen LogP contribution in [0.5, 0.6) is 0 Å². The molecule has 0 atom stereocenters. The molecule has 11 nitrogen and oxygen atoms in total. The number of hydrazine groups is 1. The Morgan fingerprint density at radius 2 is 1.69 bits per heavy atom. The molecular formula is C30H37BrF3N7O4. The summed E-state index contributed by atoms with van der Waals surface area (Å²) in [4.78, 5) is 35.8. The molecule has 15 heteroatoms. The van der Waals surface area contributed by atoms with E-state index in [-0.39, 0.29) is 17.8 Å². The highest BCUT2D eigenvalue weighted by Gasteiger charge is 2.38. The van der Waals surface area contributed by atoms with Crippen molar-refractivity contribution in [2.24, 2.45) is 0 Å². The molecule has 3 heterocycles. The van der Waals surface area contributed by atoms with Crippen molar-refractivity contribution in [1.29, 1.82) is 5.26 Å². The fraction of sp³-hybridized carbons (Fsp3) is 0.567. The summed E-state index contributed by atoms with van der Waals surface area (Å²) in [7, 11) is 0. The molecule has 2 aromatic rings. The van der Waals surface area contributed by atoms with Gasteiger partial charge in [-0.1, -0.05) is 31.4 Å². The quantitative estimate of drug-likeness (QED) is 0.398. The molecule has 45 heavy (non-hydrogen) atoms. The van der Waals surface area contributed by atoms with E-state index in [1.54, 1.807) is 6.20 Å². The number of carboxylic acid groups (broad SMARTS) is 1.